The smallest absolute Gasteiger partial charge is 0.213 e. The third-order valence-corrected chi connectivity index (χ3v) is 6.23. The molecule has 25 heavy (non-hydrogen) atoms. The largest absolute Gasteiger partial charge is 0.357 e. The molecule has 0 bridgehead atoms. The van der Waals surface area contributed by atoms with Crippen LogP contribution in [0.4, 0.5) is 0 Å². The van der Waals surface area contributed by atoms with E-state index in [9.17, 15) is 16.8 Å². The Balaban J connectivity index is 0. The van der Waals surface area contributed by atoms with Crippen molar-refractivity contribution in [2.24, 2.45) is 4.99 Å². The summed E-state index contributed by atoms with van der Waals surface area (Å²) in [6, 6.07) is -0.0272. The van der Waals surface area contributed by atoms with E-state index in [0.29, 0.717) is 38.4 Å². The summed E-state index contributed by atoms with van der Waals surface area (Å²) in [4.78, 5) is 4.40. The van der Waals surface area contributed by atoms with E-state index >= 15 is 0 Å². The van der Waals surface area contributed by atoms with Crippen LogP contribution >= 0.6 is 24.0 Å². The van der Waals surface area contributed by atoms with Crippen molar-refractivity contribution in [3.05, 3.63) is 0 Å². The molecule has 0 aromatic carbocycles. The van der Waals surface area contributed by atoms with Crippen LogP contribution in [0.2, 0.25) is 0 Å². The number of guanidine groups is 1. The minimum atomic E-state index is -3.15. The molecule has 0 aliphatic rings. The molecular weight excluding hydrogens is 479 g/mol. The van der Waals surface area contributed by atoms with Gasteiger partial charge in [0.2, 0.25) is 10.0 Å². The number of nitrogens with zero attached hydrogens (tertiary/aromatic N) is 2. The molecule has 0 amide bonds. The average Bonchev–Trinajstić information content (AvgIpc) is 2.48. The lowest BCUT2D eigenvalue weighted by atomic mass is 10.3. The van der Waals surface area contributed by atoms with E-state index in [1.54, 1.807) is 14.0 Å². The van der Waals surface area contributed by atoms with E-state index in [0.717, 1.165) is 0 Å². The zero-order valence-electron chi connectivity index (χ0n) is 15.8. The Kier molecular flexibility index (Phi) is 14.2. The molecule has 0 aliphatic heterocycles. The Labute approximate surface area is 170 Å². The highest BCUT2D eigenvalue weighted by atomic mass is 127. The van der Waals surface area contributed by atoms with Gasteiger partial charge in [-0.05, 0) is 33.6 Å². The molecule has 8 nitrogen and oxygen atoms in total. The predicted molar refractivity (Wildman–Crippen MR) is 115 cm³/mol. The number of rotatable bonds is 11. The second-order valence-corrected chi connectivity index (χ2v) is 10.4. The van der Waals surface area contributed by atoms with Gasteiger partial charge in [-0.1, -0.05) is 0 Å². The summed E-state index contributed by atoms with van der Waals surface area (Å²) in [5, 5.41) is 6.26. The van der Waals surface area contributed by atoms with Crippen LogP contribution in [0.15, 0.2) is 4.99 Å². The number of sulfone groups is 1. The average molecular weight is 512 g/mol. The fourth-order valence-corrected chi connectivity index (χ4v) is 3.49. The van der Waals surface area contributed by atoms with Gasteiger partial charge in [0.25, 0.3) is 0 Å². The standard InChI is InChI=1S/C14H32N4O4S2.HI/c1-6-15-14(17-13(3)9-12-23(5,19)20)16-10-8-11-18(4)24(21,22)7-2;/h13H,6-12H2,1-5H3,(H2,15,16,17);1H. The van der Waals surface area contributed by atoms with Gasteiger partial charge in [-0.15, -0.1) is 24.0 Å². The zero-order valence-corrected chi connectivity index (χ0v) is 19.7. The van der Waals surface area contributed by atoms with Crippen LogP contribution < -0.4 is 10.6 Å². The molecule has 11 heteroatoms. The van der Waals surface area contributed by atoms with E-state index in [4.69, 9.17) is 0 Å². The van der Waals surface area contributed by atoms with E-state index in [1.165, 1.54) is 10.6 Å². The molecule has 152 valence electrons. The van der Waals surface area contributed by atoms with Gasteiger partial charge in [-0.2, -0.15) is 0 Å². The van der Waals surface area contributed by atoms with Gasteiger partial charge >= 0.3 is 0 Å². The number of hydrogen-bond acceptors (Lipinski definition) is 5. The first-order valence-electron chi connectivity index (χ1n) is 8.18. The molecule has 0 aliphatic carbocycles. The molecule has 0 aromatic rings. The van der Waals surface area contributed by atoms with E-state index in [1.807, 2.05) is 13.8 Å². The third kappa shape index (κ3) is 13.7. The molecule has 0 fully saturated rings. The molecule has 0 radical (unpaired) electrons. The molecule has 0 rings (SSSR count). The summed E-state index contributed by atoms with van der Waals surface area (Å²) in [6.45, 7) is 7.06. The van der Waals surface area contributed by atoms with E-state index in [2.05, 4.69) is 15.6 Å². The fourth-order valence-electron chi connectivity index (χ4n) is 1.86. The molecule has 0 heterocycles. The summed E-state index contributed by atoms with van der Waals surface area (Å²) in [5.41, 5.74) is 0. The molecule has 1 unspecified atom stereocenters. The Bertz CT molecular complexity index is 594. The maximum atomic E-state index is 11.6. The van der Waals surface area contributed by atoms with Gasteiger partial charge in [0.15, 0.2) is 5.96 Å². The summed E-state index contributed by atoms with van der Waals surface area (Å²) in [7, 11) is -4.56. The van der Waals surface area contributed by atoms with Crippen molar-refractivity contribution in [2.45, 2.75) is 39.7 Å². The van der Waals surface area contributed by atoms with Gasteiger partial charge < -0.3 is 10.6 Å². The Hall–Kier alpha value is -0.140. The Morgan fingerprint density at radius 2 is 1.80 bits per heavy atom. The summed E-state index contributed by atoms with van der Waals surface area (Å²) >= 11 is 0. The summed E-state index contributed by atoms with van der Waals surface area (Å²) < 4.78 is 47.0. The molecule has 0 saturated heterocycles. The van der Waals surface area contributed by atoms with Crippen LogP contribution in [0, 0.1) is 0 Å². The van der Waals surface area contributed by atoms with Crippen LogP contribution in [-0.2, 0) is 19.9 Å². The lowest BCUT2D eigenvalue weighted by Crippen LogP contribution is -2.43. The van der Waals surface area contributed by atoms with Crippen molar-refractivity contribution in [1.82, 2.24) is 14.9 Å². The zero-order chi connectivity index (χ0) is 18.8. The van der Waals surface area contributed by atoms with Crippen molar-refractivity contribution in [3.63, 3.8) is 0 Å². The number of sulfonamides is 1. The number of aliphatic imine (C=N–C) groups is 1. The second-order valence-electron chi connectivity index (χ2n) is 5.80. The van der Waals surface area contributed by atoms with E-state index < -0.39 is 19.9 Å². The van der Waals surface area contributed by atoms with Crippen molar-refractivity contribution < 1.29 is 16.8 Å². The predicted octanol–water partition coefficient (Wildman–Crippen LogP) is 0.654. The summed E-state index contributed by atoms with van der Waals surface area (Å²) in [5.74, 6) is 0.828. The van der Waals surface area contributed by atoms with Crippen LogP contribution in [0.3, 0.4) is 0 Å². The monoisotopic (exact) mass is 512 g/mol. The first-order valence-corrected chi connectivity index (χ1v) is 11.8. The first kappa shape index (κ1) is 27.1. The Morgan fingerprint density at radius 3 is 2.28 bits per heavy atom. The highest BCUT2D eigenvalue weighted by Crippen LogP contribution is 1.99. The van der Waals surface area contributed by atoms with Crippen LogP contribution in [-0.4, -0.2) is 77.6 Å². The molecule has 1 atom stereocenters. The van der Waals surface area contributed by atoms with Gasteiger partial charge in [0.1, 0.15) is 9.84 Å². The molecule has 0 aromatic heterocycles. The number of hydrogen-bond donors (Lipinski definition) is 2. The maximum Gasteiger partial charge on any atom is 0.213 e. The summed E-state index contributed by atoms with van der Waals surface area (Å²) in [6.07, 6.45) is 2.34. The molecule has 2 N–H and O–H groups in total. The lowest BCUT2D eigenvalue weighted by Gasteiger charge is -2.18. The van der Waals surface area contributed by atoms with Crippen molar-refractivity contribution >= 4 is 49.8 Å². The van der Waals surface area contributed by atoms with Crippen molar-refractivity contribution in [3.8, 4) is 0 Å². The number of nitrogens with one attached hydrogen (secondary N) is 2. The van der Waals surface area contributed by atoms with Gasteiger partial charge in [-0.25, -0.2) is 21.1 Å². The van der Waals surface area contributed by atoms with Gasteiger partial charge in [0.05, 0.1) is 11.5 Å². The quantitative estimate of drug-likeness (QED) is 0.182. The normalized spacial score (nSPS) is 14.1. The molecule has 0 spiro atoms. The third-order valence-electron chi connectivity index (χ3n) is 3.39. The Morgan fingerprint density at radius 1 is 1.20 bits per heavy atom. The molecule has 0 saturated carbocycles. The van der Waals surface area contributed by atoms with Crippen LogP contribution in [0.1, 0.15) is 33.6 Å². The van der Waals surface area contributed by atoms with Crippen LogP contribution in [0.5, 0.6) is 0 Å². The SMILES string of the molecule is CCNC(=NCCCN(C)S(=O)(=O)CC)NC(C)CCS(C)(=O)=O.I. The molecular formula is C14H33IN4O4S2. The number of halogens is 1. The van der Waals surface area contributed by atoms with Crippen molar-refractivity contribution in [1.29, 1.82) is 0 Å². The fraction of sp³-hybridized carbons (Fsp3) is 0.929. The van der Waals surface area contributed by atoms with E-state index in [-0.39, 0.29) is 41.5 Å². The maximum absolute atomic E-state index is 11.6. The second kappa shape index (κ2) is 13.1. The van der Waals surface area contributed by atoms with Crippen molar-refractivity contribution in [2.75, 3.05) is 44.4 Å². The van der Waals surface area contributed by atoms with Gasteiger partial charge in [0, 0.05) is 39.0 Å². The lowest BCUT2D eigenvalue weighted by molar-refractivity contribution is 0.464. The topological polar surface area (TPSA) is 108 Å². The highest BCUT2D eigenvalue weighted by molar-refractivity contribution is 14.0. The highest BCUT2D eigenvalue weighted by Gasteiger charge is 2.14. The minimum absolute atomic E-state index is 0. The first-order chi connectivity index (χ1) is 11.0. The van der Waals surface area contributed by atoms with Crippen LogP contribution in [0.25, 0.3) is 0 Å². The van der Waals surface area contributed by atoms with Gasteiger partial charge in [-0.3, -0.25) is 4.99 Å². The minimum Gasteiger partial charge on any atom is -0.357 e.